The average Bonchev–Trinajstić information content (AvgIpc) is 2.68. The first kappa shape index (κ1) is 18.1. The predicted octanol–water partition coefficient (Wildman–Crippen LogP) is 3.79. The highest BCUT2D eigenvalue weighted by Crippen LogP contribution is 2.39. The Morgan fingerprint density at radius 1 is 0.909 bits per heavy atom. The van der Waals surface area contributed by atoms with E-state index in [2.05, 4.69) is 5.32 Å². The Hall–Kier alpha value is -0.280. The number of carbonyl (C=O) groups excluding carboxylic acids is 1. The van der Waals surface area contributed by atoms with Crippen LogP contribution >= 0.6 is 12.4 Å². The molecule has 3 aliphatic carbocycles. The smallest absolute Gasteiger partial charge is 0.220 e. The van der Waals surface area contributed by atoms with Crippen LogP contribution in [0.4, 0.5) is 0 Å². The molecule has 0 saturated heterocycles. The molecule has 0 aliphatic heterocycles. The van der Waals surface area contributed by atoms with Crippen LogP contribution in [0.15, 0.2) is 0 Å². The molecule has 0 aromatic heterocycles. The number of carbonyl (C=O) groups is 1. The van der Waals surface area contributed by atoms with Crippen molar-refractivity contribution < 1.29 is 4.79 Å². The quantitative estimate of drug-likeness (QED) is 0.774. The molecule has 4 heteroatoms. The molecule has 1 amide bonds. The molecule has 3 fully saturated rings. The maximum Gasteiger partial charge on any atom is 0.220 e. The van der Waals surface area contributed by atoms with Crippen LogP contribution < -0.4 is 11.1 Å². The minimum Gasteiger partial charge on any atom is -0.353 e. The molecule has 22 heavy (non-hydrogen) atoms. The van der Waals surface area contributed by atoms with Crippen LogP contribution in [-0.2, 0) is 4.79 Å². The zero-order valence-electron chi connectivity index (χ0n) is 13.8. The van der Waals surface area contributed by atoms with Crippen molar-refractivity contribution in [2.75, 3.05) is 0 Å². The Bertz CT molecular complexity index is 341. The van der Waals surface area contributed by atoms with Gasteiger partial charge in [0.15, 0.2) is 0 Å². The van der Waals surface area contributed by atoms with E-state index in [9.17, 15) is 4.79 Å². The SMILES string of the molecule is Cl.NC1CC2CCCC(C1)C2NC(=O)CC1CCCCCC1. The first-order chi connectivity index (χ1) is 10.2. The highest BCUT2D eigenvalue weighted by molar-refractivity contribution is 5.85. The molecule has 3 nitrogen and oxygen atoms in total. The number of fused-ring (bicyclic) bond motifs is 2. The van der Waals surface area contributed by atoms with Gasteiger partial charge in [-0.25, -0.2) is 0 Å². The standard InChI is InChI=1S/C18H32N2O.ClH/c19-16-11-14-8-5-9-15(12-16)18(14)20-17(21)10-13-6-3-1-2-4-7-13;/h13-16,18H,1-12,19H2,(H,20,21);1H. The third-order valence-electron chi connectivity index (χ3n) is 6.15. The number of hydrogen-bond acceptors (Lipinski definition) is 2. The van der Waals surface area contributed by atoms with E-state index in [0.29, 0.717) is 35.7 Å². The largest absolute Gasteiger partial charge is 0.353 e. The molecule has 0 aromatic rings. The molecule has 128 valence electrons. The highest BCUT2D eigenvalue weighted by atomic mass is 35.5. The first-order valence-corrected chi connectivity index (χ1v) is 9.27. The maximum absolute atomic E-state index is 12.5. The normalized spacial score (nSPS) is 36.0. The molecule has 3 rings (SSSR count). The van der Waals surface area contributed by atoms with Crippen LogP contribution in [0.2, 0.25) is 0 Å². The van der Waals surface area contributed by atoms with Gasteiger partial charge in [0.1, 0.15) is 0 Å². The molecule has 0 spiro atoms. The Morgan fingerprint density at radius 3 is 2.09 bits per heavy atom. The monoisotopic (exact) mass is 328 g/mol. The predicted molar refractivity (Wildman–Crippen MR) is 93.0 cm³/mol. The van der Waals surface area contributed by atoms with Crippen molar-refractivity contribution in [2.24, 2.45) is 23.5 Å². The minimum absolute atomic E-state index is 0. The van der Waals surface area contributed by atoms with Gasteiger partial charge < -0.3 is 11.1 Å². The molecule has 3 saturated carbocycles. The Morgan fingerprint density at radius 2 is 1.50 bits per heavy atom. The van der Waals surface area contributed by atoms with Crippen LogP contribution in [0, 0.1) is 17.8 Å². The fourth-order valence-corrected chi connectivity index (χ4v) is 5.10. The molecule has 0 aromatic carbocycles. The van der Waals surface area contributed by atoms with E-state index in [1.165, 1.54) is 57.8 Å². The number of nitrogens with one attached hydrogen (secondary N) is 1. The Kier molecular flexibility index (Phi) is 7.01. The van der Waals surface area contributed by atoms with E-state index in [-0.39, 0.29) is 12.4 Å². The van der Waals surface area contributed by atoms with Gasteiger partial charge in [-0.1, -0.05) is 32.1 Å². The molecule has 0 heterocycles. The molecular formula is C18H33ClN2O. The highest BCUT2D eigenvalue weighted by Gasteiger charge is 2.39. The molecule has 0 radical (unpaired) electrons. The van der Waals surface area contributed by atoms with Gasteiger partial charge in [0.05, 0.1) is 0 Å². The minimum atomic E-state index is 0. The van der Waals surface area contributed by atoms with Crippen molar-refractivity contribution in [3.8, 4) is 0 Å². The van der Waals surface area contributed by atoms with E-state index in [4.69, 9.17) is 5.73 Å². The van der Waals surface area contributed by atoms with E-state index >= 15 is 0 Å². The number of hydrogen-bond donors (Lipinski definition) is 2. The van der Waals surface area contributed by atoms with Gasteiger partial charge in [-0.3, -0.25) is 4.79 Å². The fourth-order valence-electron chi connectivity index (χ4n) is 5.10. The van der Waals surface area contributed by atoms with Crippen molar-refractivity contribution in [1.82, 2.24) is 5.32 Å². The summed E-state index contributed by atoms with van der Waals surface area (Å²) < 4.78 is 0. The summed E-state index contributed by atoms with van der Waals surface area (Å²) in [5.74, 6) is 2.24. The van der Waals surface area contributed by atoms with Gasteiger partial charge in [-0.15, -0.1) is 12.4 Å². The fraction of sp³-hybridized carbons (Fsp3) is 0.944. The molecule has 2 unspecified atom stereocenters. The topological polar surface area (TPSA) is 55.1 Å². The summed E-state index contributed by atoms with van der Waals surface area (Å²) in [4.78, 5) is 12.5. The van der Waals surface area contributed by atoms with Crippen LogP contribution in [-0.4, -0.2) is 18.0 Å². The van der Waals surface area contributed by atoms with E-state index in [0.717, 1.165) is 19.3 Å². The lowest BCUT2D eigenvalue weighted by Crippen LogP contribution is -2.53. The van der Waals surface area contributed by atoms with Crippen LogP contribution in [0.3, 0.4) is 0 Å². The number of rotatable bonds is 3. The summed E-state index contributed by atoms with van der Waals surface area (Å²) in [6.45, 7) is 0. The Balaban J connectivity index is 0.00000176. The molecular weight excluding hydrogens is 296 g/mol. The van der Waals surface area contributed by atoms with Crippen LogP contribution in [0.5, 0.6) is 0 Å². The average molecular weight is 329 g/mol. The van der Waals surface area contributed by atoms with Crippen LogP contribution in [0.25, 0.3) is 0 Å². The van der Waals surface area contributed by atoms with E-state index in [1.807, 2.05) is 0 Å². The molecule has 2 bridgehead atoms. The zero-order chi connectivity index (χ0) is 14.7. The van der Waals surface area contributed by atoms with Crippen molar-refractivity contribution in [3.05, 3.63) is 0 Å². The third-order valence-corrected chi connectivity index (χ3v) is 6.15. The summed E-state index contributed by atoms with van der Waals surface area (Å²) in [5, 5.41) is 3.41. The zero-order valence-corrected chi connectivity index (χ0v) is 14.6. The molecule has 3 N–H and O–H groups in total. The second kappa shape index (κ2) is 8.54. The number of halogens is 1. The summed E-state index contributed by atoms with van der Waals surface area (Å²) >= 11 is 0. The number of nitrogens with two attached hydrogens (primary N) is 1. The van der Waals surface area contributed by atoms with Gasteiger partial charge in [0.25, 0.3) is 0 Å². The maximum atomic E-state index is 12.5. The Labute approximate surface area is 141 Å². The summed E-state index contributed by atoms with van der Waals surface area (Å²) in [7, 11) is 0. The van der Waals surface area contributed by atoms with E-state index in [1.54, 1.807) is 0 Å². The van der Waals surface area contributed by atoms with Crippen LogP contribution in [0.1, 0.15) is 77.0 Å². The van der Waals surface area contributed by atoms with Gasteiger partial charge in [0.2, 0.25) is 5.91 Å². The first-order valence-electron chi connectivity index (χ1n) is 9.27. The lowest BCUT2D eigenvalue weighted by molar-refractivity contribution is -0.124. The number of amides is 1. The lowest BCUT2D eigenvalue weighted by atomic mass is 9.67. The van der Waals surface area contributed by atoms with Gasteiger partial charge in [-0.05, 0) is 56.3 Å². The summed E-state index contributed by atoms with van der Waals surface area (Å²) in [5.41, 5.74) is 6.17. The summed E-state index contributed by atoms with van der Waals surface area (Å²) in [6.07, 6.45) is 14.7. The second-order valence-corrected chi connectivity index (χ2v) is 7.84. The van der Waals surface area contributed by atoms with Crippen molar-refractivity contribution in [3.63, 3.8) is 0 Å². The molecule has 2 atom stereocenters. The van der Waals surface area contributed by atoms with Crippen molar-refractivity contribution in [2.45, 2.75) is 89.1 Å². The van der Waals surface area contributed by atoms with Gasteiger partial charge >= 0.3 is 0 Å². The second-order valence-electron chi connectivity index (χ2n) is 7.84. The van der Waals surface area contributed by atoms with E-state index < -0.39 is 0 Å². The van der Waals surface area contributed by atoms with Gasteiger partial charge in [-0.2, -0.15) is 0 Å². The molecule has 3 aliphatic rings. The lowest BCUT2D eigenvalue weighted by Gasteiger charge is -2.45. The third kappa shape index (κ3) is 4.61. The van der Waals surface area contributed by atoms with Crippen molar-refractivity contribution >= 4 is 18.3 Å². The van der Waals surface area contributed by atoms with Gasteiger partial charge in [0, 0.05) is 18.5 Å². The summed E-state index contributed by atoms with van der Waals surface area (Å²) in [6, 6.07) is 0.798. The van der Waals surface area contributed by atoms with Crippen molar-refractivity contribution in [1.29, 1.82) is 0 Å².